The van der Waals surface area contributed by atoms with Crippen molar-refractivity contribution < 1.29 is 0 Å². The Bertz CT molecular complexity index is 739. The molecule has 114 valence electrons. The molecule has 0 amide bonds. The van der Waals surface area contributed by atoms with Crippen molar-refractivity contribution in [3.8, 4) is 0 Å². The summed E-state index contributed by atoms with van der Waals surface area (Å²) in [5.74, 6) is 1.58. The van der Waals surface area contributed by atoms with E-state index in [-0.39, 0.29) is 5.37 Å². The number of benzene rings is 1. The van der Waals surface area contributed by atoms with E-state index in [9.17, 15) is 0 Å². The second kappa shape index (κ2) is 5.51. The van der Waals surface area contributed by atoms with Crippen molar-refractivity contribution in [2.75, 3.05) is 5.01 Å². The summed E-state index contributed by atoms with van der Waals surface area (Å²) in [7, 11) is 0. The van der Waals surface area contributed by atoms with Crippen molar-refractivity contribution in [1.29, 1.82) is 0 Å². The van der Waals surface area contributed by atoms with Gasteiger partial charge in [-0.15, -0.1) is 10.2 Å². The number of halogens is 1. The fraction of sp³-hybridized carbons (Fsp3) is 0.333. The first-order chi connectivity index (χ1) is 10.6. The highest BCUT2D eigenvalue weighted by Crippen LogP contribution is 2.51. The van der Waals surface area contributed by atoms with Crippen LogP contribution in [0.5, 0.6) is 0 Å². The summed E-state index contributed by atoms with van der Waals surface area (Å²) in [6.45, 7) is 4.41. The Hall–Kier alpha value is -1.11. The molecule has 2 aromatic rings. The maximum Gasteiger partial charge on any atom is 0.216 e. The molecule has 1 aromatic carbocycles. The first-order valence-electron chi connectivity index (χ1n) is 7.16. The van der Waals surface area contributed by atoms with Gasteiger partial charge in [-0.3, -0.25) is 5.01 Å². The van der Waals surface area contributed by atoms with Crippen LogP contribution in [-0.2, 0) is 6.42 Å². The smallest absolute Gasteiger partial charge is 0.216 e. The molecule has 0 N–H and O–H groups in total. The highest BCUT2D eigenvalue weighted by atomic mass is 35.5. The molecule has 2 aliphatic heterocycles. The van der Waals surface area contributed by atoms with Gasteiger partial charge >= 0.3 is 0 Å². The minimum atomic E-state index is 0.211. The van der Waals surface area contributed by atoms with Crippen molar-refractivity contribution in [2.24, 2.45) is 5.92 Å². The van der Waals surface area contributed by atoms with Crippen LogP contribution in [0.25, 0.3) is 0 Å². The lowest BCUT2D eigenvalue weighted by Gasteiger charge is -2.26. The summed E-state index contributed by atoms with van der Waals surface area (Å²) in [6.07, 6.45) is 0.926. The predicted molar refractivity (Wildman–Crippen MR) is 92.5 cm³/mol. The number of aromatic nitrogens is 3. The summed E-state index contributed by atoms with van der Waals surface area (Å²) in [5.41, 5.74) is 1.23. The Balaban J connectivity index is 1.72. The topological polar surface area (TPSA) is 34.0 Å². The molecule has 1 unspecified atom stereocenters. The molecule has 0 fully saturated rings. The monoisotopic (exact) mass is 350 g/mol. The number of fused-ring (bicyclic) bond motifs is 3. The third-order valence-electron chi connectivity index (χ3n) is 3.58. The van der Waals surface area contributed by atoms with Gasteiger partial charge in [-0.05, 0) is 35.4 Å². The Morgan fingerprint density at radius 1 is 1.23 bits per heavy atom. The number of thioether (sulfide) groups is 2. The standard InChI is InChI=1S/C15H15ClN4S2/c1-9(2)7-12-17-18-15-19(12)20-13(22-15)8-21-14(20)10-3-5-11(16)6-4-10/h3-6,8-9,14H,7H2,1-2H3. The summed E-state index contributed by atoms with van der Waals surface area (Å²) in [5, 5.41) is 16.4. The van der Waals surface area contributed by atoms with Gasteiger partial charge in [0, 0.05) is 16.9 Å². The minimum Gasteiger partial charge on any atom is -0.252 e. The van der Waals surface area contributed by atoms with Gasteiger partial charge in [0.15, 0.2) is 5.82 Å². The lowest BCUT2D eigenvalue weighted by Crippen LogP contribution is -2.31. The fourth-order valence-corrected chi connectivity index (χ4v) is 5.00. The van der Waals surface area contributed by atoms with E-state index in [0.29, 0.717) is 5.92 Å². The molecule has 7 heteroatoms. The molecule has 4 nitrogen and oxygen atoms in total. The van der Waals surface area contributed by atoms with Crippen molar-refractivity contribution in [3.05, 3.63) is 51.1 Å². The summed E-state index contributed by atoms with van der Waals surface area (Å²) in [4.78, 5) is 0. The minimum absolute atomic E-state index is 0.211. The van der Waals surface area contributed by atoms with Crippen LogP contribution in [-0.4, -0.2) is 14.9 Å². The highest BCUT2D eigenvalue weighted by Gasteiger charge is 2.39. The van der Waals surface area contributed by atoms with Crippen LogP contribution in [0.4, 0.5) is 0 Å². The normalized spacial score (nSPS) is 19.5. The number of nitrogens with zero attached hydrogens (tertiary/aromatic N) is 4. The van der Waals surface area contributed by atoms with Gasteiger partial charge in [0.25, 0.3) is 0 Å². The van der Waals surface area contributed by atoms with Crippen LogP contribution in [0.15, 0.2) is 39.9 Å². The maximum absolute atomic E-state index is 6.01. The lowest BCUT2D eigenvalue weighted by atomic mass is 10.1. The number of rotatable bonds is 3. The van der Waals surface area contributed by atoms with E-state index < -0.39 is 0 Å². The lowest BCUT2D eigenvalue weighted by molar-refractivity contribution is 0.552. The van der Waals surface area contributed by atoms with Gasteiger partial charge in [0.2, 0.25) is 5.16 Å². The molecule has 22 heavy (non-hydrogen) atoms. The molecule has 1 aromatic heterocycles. The second-order valence-electron chi connectivity index (χ2n) is 5.75. The predicted octanol–water partition coefficient (Wildman–Crippen LogP) is 4.42. The van der Waals surface area contributed by atoms with Crippen molar-refractivity contribution >= 4 is 35.1 Å². The molecule has 0 spiro atoms. The third kappa shape index (κ3) is 2.33. The van der Waals surface area contributed by atoms with E-state index in [0.717, 1.165) is 22.4 Å². The number of hydrogen-bond donors (Lipinski definition) is 0. The average Bonchev–Trinajstić information content (AvgIpc) is 3.12. The van der Waals surface area contributed by atoms with E-state index >= 15 is 0 Å². The maximum atomic E-state index is 6.01. The Morgan fingerprint density at radius 3 is 2.73 bits per heavy atom. The van der Waals surface area contributed by atoms with Gasteiger partial charge in [-0.25, -0.2) is 4.68 Å². The summed E-state index contributed by atoms with van der Waals surface area (Å²) >= 11 is 9.51. The van der Waals surface area contributed by atoms with E-state index in [2.05, 4.69) is 51.3 Å². The zero-order chi connectivity index (χ0) is 15.3. The summed E-state index contributed by atoms with van der Waals surface area (Å²) in [6, 6.07) is 8.07. The van der Waals surface area contributed by atoms with Crippen molar-refractivity contribution in [2.45, 2.75) is 30.8 Å². The zero-order valence-corrected chi connectivity index (χ0v) is 14.6. The van der Waals surface area contributed by atoms with Gasteiger partial charge in [-0.1, -0.05) is 49.3 Å². The largest absolute Gasteiger partial charge is 0.252 e. The molecular weight excluding hydrogens is 336 g/mol. The SMILES string of the molecule is CC(C)Cc1nnc2n1N1C(=CSC1c1ccc(Cl)cc1)S2. The van der Waals surface area contributed by atoms with Gasteiger partial charge in [0.05, 0.1) is 0 Å². The second-order valence-corrected chi connectivity index (χ2v) is 8.13. The molecule has 0 aliphatic carbocycles. The van der Waals surface area contributed by atoms with Gasteiger partial charge in [-0.2, -0.15) is 0 Å². The van der Waals surface area contributed by atoms with Crippen LogP contribution in [0.2, 0.25) is 5.02 Å². The summed E-state index contributed by atoms with van der Waals surface area (Å²) < 4.78 is 2.18. The molecule has 0 radical (unpaired) electrons. The van der Waals surface area contributed by atoms with Crippen LogP contribution in [0, 0.1) is 5.92 Å². The van der Waals surface area contributed by atoms with Crippen molar-refractivity contribution in [1.82, 2.24) is 14.9 Å². The number of hydrogen-bond acceptors (Lipinski definition) is 5. The van der Waals surface area contributed by atoms with E-state index in [1.165, 1.54) is 10.6 Å². The van der Waals surface area contributed by atoms with Crippen LogP contribution < -0.4 is 5.01 Å². The quantitative estimate of drug-likeness (QED) is 0.818. The molecule has 4 rings (SSSR count). The Labute approximate surface area is 142 Å². The Kier molecular flexibility index (Phi) is 3.63. The molecule has 1 atom stereocenters. The van der Waals surface area contributed by atoms with Gasteiger partial charge < -0.3 is 0 Å². The van der Waals surface area contributed by atoms with Crippen LogP contribution in [0.1, 0.15) is 30.6 Å². The van der Waals surface area contributed by atoms with Gasteiger partial charge in [0.1, 0.15) is 10.4 Å². The molecule has 0 saturated carbocycles. The molecule has 2 aliphatic rings. The first kappa shape index (κ1) is 14.5. The van der Waals surface area contributed by atoms with Crippen LogP contribution in [0.3, 0.4) is 0 Å². The van der Waals surface area contributed by atoms with E-state index in [4.69, 9.17) is 11.6 Å². The van der Waals surface area contributed by atoms with E-state index in [1.54, 1.807) is 11.8 Å². The average molecular weight is 351 g/mol. The first-order valence-corrected chi connectivity index (χ1v) is 9.30. The fourth-order valence-electron chi connectivity index (χ4n) is 2.63. The molecular formula is C15H15ClN4S2. The Morgan fingerprint density at radius 2 is 2.00 bits per heavy atom. The van der Waals surface area contributed by atoms with E-state index in [1.807, 2.05) is 23.9 Å². The molecule has 0 bridgehead atoms. The third-order valence-corrected chi connectivity index (χ3v) is 6.02. The molecule has 3 heterocycles. The van der Waals surface area contributed by atoms with Crippen molar-refractivity contribution in [3.63, 3.8) is 0 Å². The molecule has 0 saturated heterocycles. The zero-order valence-electron chi connectivity index (χ0n) is 12.2. The highest BCUT2D eigenvalue weighted by molar-refractivity contribution is 8.07. The van der Waals surface area contributed by atoms with Crippen LogP contribution >= 0.6 is 35.1 Å².